The van der Waals surface area contributed by atoms with Crippen molar-refractivity contribution in [3.8, 4) is 5.75 Å². The Morgan fingerprint density at radius 2 is 1.80 bits per heavy atom. The Hall–Kier alpha value is -1.02. The van der Waals surface area contributed by atoms with Gasteiger partial charge in [0.2, 0.25) is 0 Å². The standard InChI is InChI=1S/C18H27NO/c1-2-17(15-9-11-16(20)12-10-15)19-13-5-7-14-6-3-4-8-18(14)19/h9-12,14,17-18,20H,2-8,13H2,1H3/t14-,17?,18-/m1/s1. The lowest BCUT2D eigenvalue weighted by Gasteiger charge is -2.47. The Balaban J connectivity index is 1.82. The predicted molar refractivity (Wildman–Crippen MR) is 82.8 cm³/mol. The molecule has 2 fully saturated rings. The van der Waals surface area contributed by atoms with Crippen LogP contribution in [-0.4, -0.2) is 22.6 Å². The molecule has 3 rings (SSSR count). The van der Waals surface area contributed by atoms with E-state index in [-0.39, 0.29) is 0 Å². The van der Waals surface area contributed by atoms with Crippen LogP contribution in [0.2, 0.25) is 0 Å². The molecule has 0 bridgehead atoms. The Kier molecular flexibility index (Phi) is 4.30. The number of aromatic hydroxyl groups is 1. The van der Waals surface area contributed by atoms with E-state index in [0.717, 1.165) is 18.4 Å². The van der Waals surface area contributed by atoms with Gasteiger partial charge in [-0.3, -0.25) is 4.90 Å². The predicted octanol–water partition coefficient (Wildman–Crippen LogP) is 4.50. The van der Waals surface area contributed by atoms with Crippen LogP contribution in [0, 0.1) is 5.92 Å². The summed E-state index contributed by atoms with van der Waals surface area (Å²) in [7, 11) is 0. The van der Waals surface area contributed by atoms with Crippen LogP contribution in [0.1, 0.15) is 63.5 Å². The number of piperidine rings is 1. The second-order valence-corrected chi connectivity index (χ2v) is 6.51. The van der Waals surface area contributed by atoms with Crippen LogP contribution in [-0.2, 0) is 0 Å². The first-order valence-corrected chi connectivity index (χ1v) is 8.34. The molecule has 1 aromatic carbocycles. The van der Waals surface area contributed by atoms with Gasteiger partial charge in [-0.05, 0) is 62.3 Å². The van der Waals surface area contributed by atoms with E-state index in [1.54, 1.807) is 0 Å². The highest BCUT2D eigenvalue weighted by molar-refractivity contribution is 5.28. The minimum absolute atomic E-state index is 0.373. The lowest BCUT2D eigenvalue weighted by molar-refractivity contribution is 0.0234. The highest BCUT2D eigenvalue weighted by Crippen LogP contribution is 2.40. The highest BCUT2D eigenvalue weighted by atomic mass is 16.3. The van der Waals surface area contributed by atoms with Crippen molar-refractivity contribution in [2.45, 2.75) is 64.0 Å². The van der Waals surface area contributed by atoms with Gasteiger partial charge in [0.05, 0.1) is 0 Å². The van der Waals surface area contributed by atoms with Gasteiger partial charge in [-0.2, -0.15) is 0 Å². The summed E-state index contributed by atoms with van der Waals surface area (Å²) in [6, 6.07) is 9.21. The third-order valence-corrected chi connectivity index (χ3v) is 5.35. The van der Waals surface area contributed by atoms with Crippen LogP contribution < -0.4 is 0 Å². The summed E-state index contributed by atoms with van der Waals surface area (Å²) in [6.07, 6.45) is 9.62. The molecule has 2 heteroatoms. The molecule has 20 heavy (non-hydrogen) atoms. The fourth-order valence-electron chi connectivity index (χ4n) is 4.41. The maximum atomic E-state index is 9.50. The average Bonchev–Trinajstić information content (AvgIpc) is 2.50. The van der Waals surface area contributed by atoms with Crippen LogP contribution in [0.4, 0.5) is 0 Å². The summed E-state index contributed by atoms with van der Waals surface area (Å²) in [5.74, 6) is 1.31. The van der Waals surface area contributed by atoms with Crippen LogP contribution in [0.3, 0.4) is 0 Å². The van der Waals surface area contributed by atoms with Crippen molar-refractivity contribution in [1.29, 1.82) is 0 Å². The highest BCUT2D eigenvalue weighted by Gasteiger charge is 2.36. The van der Waals surface area contributed by atoms with Gasteiger partial charge < -0.3 is 5.11 Å². The largest absolute Gasteiger partial charge is 0.508 e. The SMILES string of the molecule is CCC(c1ccc(O)cc1)N1CCC[C@H]2CCCC[C@H]21. The molecule has 0 spiro atoms. The molecule has 1 aliphatic carbocycles. The maximum absolute atomic E-state index is 9.50. The molecule has 1 saturated carbocycles. The Bertz CT molecular complexity index is 426. The van der Waals surface area contributed by atoms with Crippen LogP contribution in [0.25, 0.3) is 0 Å². The lowest BCUT2D eigenvalue weighted by Crippen LogP contribution is -2.48. The van der Waals surface area contributed by atoms with E-state index in [1.807, 2.05) is 12.1 Å². The molecule has 1 aliphatic heterocycles. The molecule has 2 aliphatic rings. The van der Waals surface area contributed by atoms with Crippen molar-refractivity contribution in [1.82, 2.24) is 4.90 Å². The van der Waals surface area contributed by atoms with E-state index >= 15 is 0 Å². The van der Waals surface area contributed by atoms with Gasteiger partial charge in [-0.15, -0.1) is 0 Å². The lowest BCUT2D eigenvalue weighted by atomic mass is 9.77. The third kappa shape index (κ3) is 2.71. The van der Waals surface area contributed by atoms with Gasteiger partial charge in [0, 0.05) is 12.1 Å². The zero-order chi connectivity index (χ0) is 13.9. The number of rotatable bonds is 3. The van der Waals surface area contributed by atoms with Crippen molar-refractivity contribution in [2.75, 3.05) is 6.54 Å². The molecule has 1 heterocycles. The van der Waals surface area contributed by atoms with Crippen LogP contribution >= 0.6 is 0 Å². The summed E-state index contributed by atoms with van der Waals surface area (Å²) in [5.41, 5.74) is 1.37. The first-order chi connectivity index (χ1) is 9.79. The van der Waals surface area contributed by atoms with Crippen molar-refractivity contribution in [2.24, 2.45) is 5.92 Å². The summed E-state index contributed by atoms with van der Waals surface area (Å²) in [5, 5.41) is 9.50. The molecular weight excluding hydrogens is 246 g/mol. The van der Waals surface area contributed by atoms with Gasteiger partial charge in [0.15, 0.2) is 0 Å². The number of nitrogens with zero attached hydrogens (tertiary/aromatic N) is 1. The number of phenols is 1. The molecular formula is C18H27NO. The van der Waals surface area contributed by atoms with Crippen molar-refractivity contribution in [3.05, 3.63) is 29.8 Å². The summed E-state index contributed by atoms with van der Waals surface area (Å²) < 4.78 is 0. The minimum atomic E-state index is 0.373. The smallest absolute Gasteiger partial charge is 0.115 e. The van der Waals surface area contributed by atoms with Gasteiger partial charge in [0.1, 0.15) is 5.75 Å². The molecule has 0 aromatic heterocycles. The second-order valence-electron chi connectivity index (χ2n) is 6.51. The number of phenolic OH excluding ortho intramolecular Hbond substituents is 1. The summed E-state index contributed by atoms with van der Waals surface area (Å²) >= 11 is 0. The van der Waals surface area contributed by atoms with Crippen molar-refractivity contribution < 1.29 is 5.11 Å². The molecule has 0 radical (unpaired) electrons. The fourth-order valence-corrected chi connectivity index (χ4v) is 4.41. The fraction of sp³-hybridized carbons (Fsp3) is 0.667. The molecule has 0 amide bonds. The number of hydrogen-bond donors (Lipinski definition) is 1. The van der Waals surface area contributed by atoms with Crippen LogP contribution in [0.5, 0.6) is 5.75 Å². The van der Waals surface area contributed by atoms with E-state index in [1.165, 1.54) is 50.6 Å². The van der Waals surface area contributed by atoms with E-state index in [4.69, 9.17) is 0 Å². The maximum Gasteiger partial charge on any atom is 0.115 e. The zero-order valence-electron chi connectivity index (χ0n) is 12.6. The van der Waals surface area contributed by atoms with Gasteiger partial charge >= 0.3 is 0 Å². The first-order valence-electron chi connectivity index (χ1n) is 8.34. The number of fused-ring (bicyclic) bond motifs is 1. The Labute approximate surface area is 122 Å². The average molecular weight is 273 g/mol. The molecule has 1 unspecified atom stereocenters. The van der Waals surface area contributed by atoms with Crippen molar-refractivity contribution >= 4 is 0 Å². The van der Waals surface area contributed by atoms with E-state index < -0.39 is 0 Å². The van der Waals surface area contributed by atoms with Gasteiger partial charge in [-0.25, -0.2) is 0 Å². The molecule has 1 aromatic rings. The van der Waals surface area contributed by atoms with Crippen LogP contribution in [0.15, 0.2) is 24.3 Å². The molecule has 1 saturated heterocycles. The number of benzene rings is 1. The molecule has 110 valence electrons. The number of likely N-dealkylation sites (tertiary alicyclic amines) is 1. The van der Waals surface area contributed by atoms with Gasteiger partial charge in [-0.1, -0.05) is 31.9 Å². The third-order valence-electron chi connectivity index (χ3n) is 5.35. The zero-order valence-corrected chi connectivity index (χ0v) is 12.6. The number of hydrogen-bond acceptors (Lipinski definition) is 2. The van der Waals surface area contributed by atoms with E-state index in [0.29, 0.717) is 11.8 Å². The Morgan fingerprint density at radius 3 is 2.55 bits per heavy atom. The second kappa shape index (κ2) is 6.17. The molecule has 3 atom stereocenters. The molecule has 1 N–H and O–H groups in total. The topological polar surface area (TPSA) is 23.5 Å². The minimum Gasteiger partial charge on any atom is -0.508 e. The van der Waals surface area contributed by atoms with E-state index in [9.17, 15) is 5.11 Å². The van der Waals surface area contributed by atoms with E-state index in [2.05, 4.69) is 24.0 Å². The van der Waals surface area contributed by atoms with Crippen molar-refractivity contribution in [3.63, 3.8) is 0 Å². The van der Waals surface area contributed by atoms with Gasteiger partial charge in [0.25, 0.3) is 0 Å². The Morgan fingerprint density at radius 1 is 1.10 bits per heavy atom. The summed E-state index contributed by atoms with van der Waals surface area (Å²) in [4.78, 5) is 2.78. The monoisotopic (exact) mass is 273 g/mol. The molecule has 2 nitrogen and oxygen atoms in total. The first kappa shape index (κ1) is 13.9. The quantitative estimate of drug-likeness (QED) is 0.876. The summed E-state index contributed by atoms with van der Waals surface area (Å²) in [6.45, 7) is 3.55. The normalized spacial score (nSPS) is 28.9.